The minimum absolute atomic E-state index is 0.0316. The largest absolute Gasteiger partial charge is 0.336 e. The molecule has 0 bridgehead atoms. The van der Waals surface area contributed by atoms with Gasteiger partial charge >= 0.3 is 0 Å². The van der Waals surface area contributed by atoms with Gasteiger partial charge in [0.05, 0.1) is 28.2 Å². The fourth-order valence-electron chi connectivity index (χ4n) is 2.77. The Kier molecular flexibility index (Phi) is 4.18. The van der Waals surface area contributed by atoms with E-state index in [2.05, 4.69) is 17.3 Å². The van der Waals surface area contributed by atoms with Crippen LogP contribution in [0.3, 0.4) is 0 Å². The second-order valence-electron chi connectivity index (χ2n) is 5.61. The van der Waals surface area contributed by atoms with Gasteiger partial charge in [0.1, 0.15) is 0 Å². The predicted octanol–water partition coefficient (Wildman–Crippen LogP) is 2.27. The molecule has 1 saturated heterocycles. The number of nitrogens with zero attached hydrogens (tertiary/aromatic N) is 3. The molecular formula is C16H19ClN4O. The molecule has 0 aliphatic carbocycles. The monoisotopic (exact) mass is 318 g/mol. The van der Waals surface area contributed by atoms with Crippen molar-refractivity contribution in [3.05, 3.63) is 46.7 Å². The third-order valence-corrected chi connectivity index (χ3v) is 4.30. The summed E-state index contributed by atoms with van der Waals surface area (Å²) in [5.74, 6) is 0.0316. The second-order valence-corrected chi connectivity index (χ2v) is 6.02. The van der Waals surface area contributed by atoms with Crippen molar-refractivity contribution in [3.8, 4) is 5.69 Å². The SMILES string of the molecule is Cc1c(C(=O)N2CCN[C@@H](C)C2)cnn1-c1ccccc1Cl. The zero-order valence-electron chi connectivity index (χ0n) is 12.7. The number of hydrogen-bond acceptors (Lipinski definition) is 3. The fraction of sp³-hybridized carbons (Fsp3) is 0.375. The summed E-state index contributed by atoms with van der Waals surface area (Å²) in [4.78, 5) is 14.6. The van der Waals surface area contributed by atoms with Gasteiger partial charge in [0.15, 0.2) is 0 Å². The van der Waals surface area contributed by atoms with E-state index in [9.17, 15) is 4.79 Å². The number of benzene rings is 1. The second kappa shape index (κ2) is 6.10. The summed E-state index contributed by atoms with van der Waals surface area (Å²) in [6.07, 6.45) is 1.63. The van der Waals surface area contributed by atoms with Crippen molar-refractivity contribution in [2.45, 2.75) is 19.9 Å². The molecule has 1 aliphatic heterocycles. The summed E-state index contributed by atoms with van der Waals surface area (Å²) >= 11 is 6.22. The first-order chi connectivity index (χ1) is 10.6. The van der Waals surface area contributed by atoms with Crippen LogP contribution < -0.4 is 5.32 Å². The first-order valence-corrected chi connectivity index (χ1v) is 7.78. The van der Waals surface area contributed by atoms with Crippen molar-refractivity contribution in [1.82, 2.24) is 20.0 Å². The van der Waals surface area contributed by atoms with Crippen molar-refractivity contribution in [2.24, 2.45) is 0 Å². The maximum absolute atomic E-state index is 12.7. The third-order valence-electron chi connectivity index (χ3n) is 3.98. The van der Waals surface area contributed by atoms with Crippen LogP contribution in [-0.4, -0.2) is 46.3 Å². The number of nitrogens with one attached hydrogen (secondary N) is 1. The summed E-state index contributed by atoms with van der Waals surface area (Å²) in [5.41, 5.74) is 2.23. The van der Waals surface area contributed by atoms with Crippen LogP contribution in [0.5, 0.6) is 0 Å². The number of piperazine rings is 1. The highest BCUT2D eigenvalue weighted by Crippen LogP contribution is 2.22. The van der Waals surface area contributed by atoms with Crippen molar-refractivity contribution >= 4 is 17.5 Å². The topological polar surface area (TPSA) is 50.2 Å². The molecule has 0 unspecified atom stereocenters. The molecule has 1 N–H and O–H groups in total. The summed E-state index contributed by atoms with van der Waals surface area (Å²) < 4.78 is 1.72. The molecule has 6 heteroatoms. The van der Waals surface area contributed by atoms with Crippen LogP contribution in [0, 0.1) is 6.92 Å². The van der Waals surface area contributed by atoms with Crippen molar-refractivity contribution < 1.29 is 4.79 Å². The third kappa shape index (κ3) is 2.74. The number of para-hydroxylation sites is 1. The van der Waals surface area contributed by atoms with Crippen molar-refractivity contribution in [2.75, 3.05) is 19.6 Å². The lowest BCUT2D eigenvalue weighted by atomic mass is 10.1. The molecule has 1 atom stereocenters. The van der Waals surface area contributed by atoms with Crippen LogP contribution in [0.4, 0.5) is 0 Å². The Balaban J connectivity index is 1.90. The Labute approximate surface area is 134 Å². The molecule has 0 radical (unpaired) electrons. The van der Waals surface area contributed by atoms with E-state index in [0.29, 0.717) is 16.6 Å². The van der Waals surface area contributed by atoms with E-state index in [-0.39, 0.29) is 5.91 Å². The number of amides is 1. The molecule has 1 aliphatic rings. The van der Waals surface area contributed by atoms with E-state index in [4.69, 9.17) is 11.6 Å². The Hall–Kier alpha value is -1.85. The van der Waals surface area contributed by atoms with E-state index in [0.717, 1.165) is 31.0 Å². The van der Waals surface area contributed by atoms with Crippen LogP contribution in [0.2, 0.25) is 5.02 Å². The average molecular weight is 319 g/mol. The molecule has 2 heterocycles. The van der Waals surface area contributed by atoms with Crippen LogP contribution in [-0.2, 0) is 0 Å². The molecule has 3 rings (SSSR count). The van der Waals surface area contributed by atoms with Crippen molar-refractivity contribution in [1.29, 1.82) is 0 Å². The van der Waals surface area contributed by atoms with Gasteiger partial charge in [0, 0.05) is 25.7 Å². The van der Waals surface area contributed by atoms with Crippen LogP contribution in [0.25, 0.3) is 5.69 Å². The molecule has 2 aromatic rings. The summed E-state index contributed by atoms with van der Waals surface area (Å²) in [6.45, 7) is 6.24. The molecule has 5 nitrogen and oxygen atoms in total. The summed E-state index contributed by atoms with van der Waals surface area (Å²) in [5, 5.41) is 8.30. The zero-order chi connectivity index (χ0) is 15.7. The molecule has 1 aromatic heterocycles. The standard InChI is InChI=1S/C16H19ClN4O/c1-11-10-20(8-7-18-11)16(22)13-9-19-21(12(13)2)15-6-4-3-5-14(15)17/h3-6,9,11,18H,7-8,10H2,1-2H3/t11-/m0/s1. The minimum Gasteiger partial charge on any atom is -0.336 e. The molecule has 1 fully saturated rings. The highest BCUT2D eigenvalue weighted by Gasteiger charge is 2.25. The number of carbonyl (C=O) groups excluding carboxylic acids is 1. The van der Waals surface area contributed by atoms with Gasteiger partial charge in [-0.25, -0.2) is 4.68 Å². The number of rotatable bonds is 2. The summed E-state index contributed by atoms with van der Waals surface area (Å²) in [6, 6.07) is 7.80. The molecule has 22 heavy (non-hydrogen) atoms. The minimum atomic E-state index is 0.0316. The average Bonchev–Trinajstić information content (AvgIpc) is 2.88. The Morgan fingerprint density at radius 1 is 1.41 bits per heavy atom. The van der Waals surface area contributed by atoms with Crippen LogP contribution >= 0.6 is 11.6 Å². The number of aromatic nitrogens is 2. The molecular weight excluding hydrogens is 300 g/mol. The molecule has 1 aromatic carbocycles. The molecule has 116 valence electrons. The number of hydrogen-bond donors (Lipinski definition) is 1. The van der Waals surface area contributed by atoms with Gasteiger partial charge in [0.25, 0.3) is 5.91 Å². The normalized spacial score (nSPS) is 18.5. The Morgan fingerprint density at radius 2 is 2.18 bits per heavy atom. The maximum atomic E-state index is 12.7. The molecule has 1 amide bonds. The van der Waals surface area contributed by atoms with Gasteiger partial charge < -0.3 is 10.2 Å². The molecule has 0 saturated carbocycles. The van der Waals surface area contributed by atoms with E-state index < -0.39 is 0 Å². The number of halogens is 1. The zero-order valence-corrected chi connectivity index (χ0v) is 13.5. The lowest BCUT2D eigenvalue weighted by Gasteiger charge is -2.31. The van der Waals surface area contributed by atoms with Gasteiger partial charge in [-0.1, -0.05) is 23.7 Å². The van der Waals surface area contributed by atoms with Gasteiger partial charge in [-0.2, -0.15) is 5.10 Å². The Bertz CT molecular complexity index is 697. The van der Waals surface area contributed by atoms with Crippen LogP contribution in [0.1, 0.15) is 23.0 Å². The highest BCUT2D eigenvalue weighted by molar-refractivity contribution is 6.32. The van der Waals surface area contributed by atoms with E-state index >= 15 is 0 Å². The van der Waals surface area contributed by atoms with Crippen LogP contribution in [0.15, 0.2) is 30.5 Å². The van der Waals surface area contributed by atoms with Gasteiger partial charge in [-0.3, -0.25) is 4.79 Å². The highest BCUT2D eigenvalue weighted by atomic mass is 35.5. The first-order valence-electron chi connectivity index (χ1n) is 7.40. The van der Waals surface area contributed by atoms with Gasteiger partial charge in [0.2, 0.25) is 0 Å². The fourth-order valence-corrected chi connectivity index (χ4v) is 2.99. The van der Waals surface area contributed by atoms with Gasteiger partial charge in [-0.15, -0.1) is 0 Å². The number of carbonyl (C=O) groups is 1. The van der Waals surface area contributed by atoms with E-state index in [1.165, 1.54) is 0 Å². The van der Waals surface area contributed by atoms with E-state index in [1.54, 1.807) is 10.9 Å². The first kappa shape index (κ1) is 15.1. The lowest BCUT2D eigenvalue weighted by molar-refractivity contribution is 0.0708. The quantitative estimate of drug-likeness (QED) is 0.924. The smallest absolute Gasteiger partial charge is 0.257 e. The maximum Gasteiger partial charge on any atom is 0.257 e. The van der Waals surface area contributed by atoms with Crippen molar-refractivity contribution in [3.63, 3.8) is 0 Å². The molecule has 0 spiro atoms. The summed E-state index contributed by atoms with van der Waals surface area (Å²) in [7, 11) is 0. The van der Waals surface area contributed by atoms with Gasteiger partial charge in [-0.05, 0) is 26.0 Å². The van der Waals surface area contributed by atoms with E-state index in [1.807, 2.05) is 36.1 Å². The predicted molar refractivity (Wildman–Crippen MR) is 86.7 cm³/mol. The Morgan fingerprint density at radius 3 is 2.91 bits per heavy atom. The lowest BCUT2D eigenvalue weighted by Crippen LogP contribution is -2.51.